The highest BCUT2D eigenvalue weighted by Gasteiger charge is 2.47. The predicted molar refractivity (Wildman–Crippen MR) is 81.6 cm³/mol. The second-order valence-electron chi connectivity index (χ2n) is 5.90. The quantitative estimate of drug-likeness (QED) is 0.684. The van der Waals surface area contributed by atoms with Gasteiger partial charge < -0.3 is 5.32 Å². The number of rotatable bonds is 7. The van der Waals surface area contributed by atoms with Gasteiger partial charge >= 0.3 is 6.18 Å². The van der Waals surface area contributed by atoms with Gasteiger partial charge in [0.2, 0.25) is 5.91 Å². The van der Waals surface area contributed by atoms with Crippen molar-refractivity contribution in [3.63, 3.8) is 0 Å². The molecule has 11 heteroatoms. The number of benzene rings is 1. The van der Waals surface area contributed by atoms with Crippen LogP contribution < -0.4 is 10.6 Å². The fourth-order valence-electron chi connectivity index (χ4n) is 2.28. The van der Waals surface area contributed by atoms with Crippen LogP contribution in [-0.4, -0.2) is 37.8 Å². The summed E-state index contributed by atoms with van der Waals surface area (Å²) in [6, 6.07) is 1.14. The summed E-state index contributed by atoms with van der Waals surface area (Å²) in [4.78, 5) is 12.2. The molecular formula is C15H14F4N3O3S. The average molecular weight is 392 g/mol. The topological polar surface area (TPSA) is 99.1 Å². The van der Waals surface area contributed by atoms with Crippen molar-refractivity contribution in [2.45, 2.75) is 36.6 Å². The standard InChI is InChI=1S/C15H14F4N3O3S/c16-10-3-1-9(2-4-10)12(15(17,18)19)21-11(7-26(24)25)13(23)22-14(8-20)5-6-14/h1-4,11-12,21H,5-7H2,(H,22,23)/t11-,12-/m0/s1. The van der Waals surface area contributed by atoms with Crippen molar-refractivity contribution in [3.8, 4) is 6.07 Å². The Morgan fingerprint density at radius 1 is 1.27 bits per heavy atom. The fourth-order valence-corrected chi connectivity index (χ4v) is 2.80. The van der Waals surface area contributed by atoms with Gasteiger partial charge in [0.15, 0.2) is 10.7 Å². The van der Waals surface area contributed by atoms with Gasteiger partial charge in [-0.15, -0.1) is 0 Å². The second kappa shape index (κ2) is 7.51. The van der Waals surface area contributed by atoms with E-state index in [4.69, 9.17) is 5.26 Å². The second-order valence-corrected chi connectivity index (χ2v) is 6.84. The molecule has 0 unspecified atom stereocenters. The molecule has 1 aromatic carbocycles. The van der Waals surface area contributed by atoms with Gasteiger partial charge in [-0.1, -0.05) is 12.1 Å². The third-order valence-electron chi connectivity index (χ3n) is 3.84. The molecule has 1 aliphatic rings. The maximum absolute atomic E-state index is 13.4. The number of hydrogen-bond acceptors (Lipinski definition) is 5. The molecule has 1 fully saturated rings. The minimum atomic E-state index is -4.87. The Morgan fingerprint density at radius 3 is 2.27 bits per heavy atom. The van der Waals surface area contributed by atoms with Crippen molar-refractivity contribution in [1.82, 2.24) is 10.6 Å². The first-order chi connectivity index (χ1) is 12.1. The molecule has 0 spiro atoms. The number of amides is 1. The van der Waals surface area contributed by atoms with Crippen molar-refractivity contribution in [2.75, 3.05) is 5.75 Å². The molecule has 141 valence electrons. The van der Waals surface area contributed by atoms with Gasteiger partial charge in [0.25, 0.3) is 0 Å². The van der Waals surface area contributed by atoms with E-state index >= 15 is 0 Å². The zero-order valence-corrected chi connectivity index (χ0v) is 14.0. The minimum Gasteiger partial charge on any atom is -0.336 e. The lowest BCUT2D eigenvalue weighted by atomic mass is 10.0. The smallest absolute Gasteiger partial charge is 0.336 e. The maximum Gasteiger partial charge on any atom is 0.407 e. The normalized spacial score (nSPS) is 17.7. The van der Waals surface area contributed by atoms with E-state index in [-0.39, 0.29) is 5.56 Å². The molecule has 0 bridgehead atoms. The molecule has 0 aliphatic heterocycles. The number of hydrogen-bond donors (Lipinski definition) is 2. The fraction of sp³-hybridized carbons (Fsp3) is 0.467. The first-order valence-electron chi connectivity index (χ1n) is 7.44. The van der Waals surface area contributed by atoms with E-state index in [0.717, 1.165) is 24.3 Å². The lowest BCUT2D eigenvalue weighted by molar-refractivity contribution is -0.160. The van der Waals surface area contributed by atoms with Crippen LogP contribution in [0.3, 0.4) is 0 Å². The summed E-state index contributed by atoms with van der Waals surface area (Å²) in [7, 11) is -2.81. The Hall–Kier alpha value is -2.32. The molecule has 1 aliphatic carbocycles. The number of halogens is 4. The SMILES string of the molecule is N#CC1(NC(=O)[C@H](C[S](=O)=O)N[C@@H](c2ccc(F)cc2)C(F)(F)F)CC1. The summed E-state index contributed by atoms with van der Waals surface area (Å²) in [6.45, 7) is 0. The molecule has 1 amide bonds. The van der Waals surface area contributed by atoms with E-state index in [1.807, 2.05) is 11.4 Å². The molecule has 1 aromatic rings. The number of alkyl halides is 3. The van der Waals surface area contributed by atoms with Crippen molar-refractivity contribution in [2.24, 2.45) is 0 Å². The van der Waals surface area contributed by atoms with Crippen LogP contribution in [-0.2, 0) is 15.5 Å². The van der Waals surface area contributed by atoms with Crippen LogP contribution in [0.15, 0.2) is 24.3 Å². The molecule has 26 heavy (non-hydrogen) atoms. The molecule has 6 nitrogen and oxygen atoms in total. The van der Waals surface area contributed by atoms with Gasteiger partial charge in [0.05, 0.1) is 11.8 Å². The summed E-state index contributed by atoms with van der Waals surface area (Å²) in [6.07, 6.45) is -4.20. The van der Waals surface area contributed by atoms with Crippen LogP contribution in [0, 0.1) is 17.1 Å². The number of nitriles is 1. The summed E-state index contributed by atoms with van der Waals surface area (Å²) in [5.74, 6) is -2.68. The van der Waals surface area contributed by atoms with Gasteiger partial charge in [-0.05, 0) is 30.5 Å². The first-order valence-corrected chi connectivity index (χ1v) is 8.68. The Kier molecular flexibility index (Phi) is 5.77. The van der Waals surface area contributed by atoms with Gasteiger partial charge in [-0.25, -0.2) is 4.39 Å². The lowest BCUT2D eigenvalue weighted by Gasteiger charge is -2.26. The number of carbonyl (C=O) groups excluding carboxylic acids is 1. The van der Waals surface area contributed by atoms with Gasteiger partial charge in [0, 0.05) is 0 Å². The predicted octanol–water partition coefficient (Wildman–Crippen LogP) is 1.44. The van der Waals surface area contributed by atoms with Crippen molar-refractivity contribution >= 4 is 16.6 Å². The third kappa shape index (κ3) is 5.09. The molecule has 1 radical (unpaired) electrons. The summed E-state index contributed by atoms with van der Waals surface area (Å²) >= 11 is 0. The van der Waals surface area contributed by atoms with Crippen molar-refractivity contribution in [1.29, 1.82) is 5.26 Å². The largest absolute Gasteiger partial charge is 0.407 e. The molecule has 2 atom stereocenters. The van der Waals surface area contributed by atoms with E-state index in [9.17, 15) is 30.8 Å². The van der Waals surface area contributed by atoms with E-state index in [1.165, 1.54) is 0 Å². The number of nitrogens with zero attached hydrogens (tertiary/aromatic N) is 1. The summed E-state index contributed by atoms with van der Waals surface area (Å²) in [5, 5.41) is 13.2. The summed E-state index contributed by atoms with van der Waals surface area (Å²) in [5.41, 5.74) is -1.54. The third-order valence-corrected chi connectivity index (χ3v) is 4.45. The van der Waals surface area contributed by atoms with Gasteiger partial charge in [-0.2, -0.15) is 26.9 Å². The van der Waals surface area contributed by atoms with Crippen LogP contribution in [0.4, 0.5) is 17.6 Å². The van der Waals surface area contributed by atoms with Crippen LogP contribution >= 0.6 is 0 Å². The summed E-state index contributed by atoms with van der Waals surface area (Å²) < 4.78 is 75.1. The van der Waals surface area contributed by atoms with Gasteiger partial charge in [-0.3, -0.25) is 10.1 Å². The van der Waals surface area contributed by atoms with Crippen LogP contribution in [0.2, 0.25) is 0 Å². The zero-order chi connectivity index (χ0) is 19.5. The van der Waals surface area contributed by atoms with E-state index in [1.54, 1.807) is 0 Å². The Balaban J connectivity index is 2.26. The highest BCUT2D eigenvalue weighted by atomic mass is 32.2. The molecule has 0 heterocycles. The molecule has 1 saturated carbocycles. The Morgan fingerprint density at radius 2 is 1.85 bits per heavy atom. The van der Waals surface area contributed by atoms with E-state index in [0.29, 0.717) is 12.8 Å². The highest BCUT2D eigenvalue weighted by molar-refractivity contribution is 7.72. The maximum atomic E-state index is 13.4. The molecule has 0 saturated heterocycles. The van der Waals surface area contributed by atoms with Crippen molar-refractivity contribution in [3.05, 3.63) is 35.6 Å². The monoisotopic (exact) mass is 392 g/mol. The van der Waals surface area contributed by atoms with Crippen LogP contribution in [0.25, 0.3) is 0 Å². The minimum absolute atomic E-state index is 0.336. The molecule has 2 N–H and O–H groups in total. The zero-order valence-electron chi connectivity index (χ0n) is 13.2. The Labute approximate surface area is 148 Å². The molecule has 2 rings (SSSR count). The van der Waals surface area contributed by atoms with Crippen LogP contribution in [0.1, 0.15) is 24.4 Å². The van der Waals surface area contributed by atoms with E-state index in [2.05, 4.69) is 5.32 Å². The number of nitrogens with one attached hydrogen (secondary N) is 2. The average Bonchev–Trinajstić information content (AvgIpc) is 3.31. The Bertz CT molecular complexity index is 775. The van der Waals surface area contributed by atoms with Gasteiger partial charge in [0.1, 0.15) is 23.4 Å². The van der Waals surface area contributed by atoms with Crippen LogP contribution in [0.5, 0.6) is 0 Å². The van der Waals surface area contributed by atoms with Crippen molar-refractivity contribution < 1.29 is 30.8 Å². The number of carbonyl (C=O) groups is 1. The lowest BCUT2D eigenvalue weighted by Crippen LogP contribution is -2.53. The first kappa shape index (κ1) is 20.0. The van der Waals surface area contributed by atoms with E-state index < -0.39 is 52.0 Å². The molecular weight excluding hydrogens is 378 g/mol. The highest BCUT2D eigenvalue weighted by Crippen LogP contribution is 2.35. The molecule has 0 aromatic heterocycles.